The van der Waals surface area contributed by atoms with Crippen LogP contribution < -0.4 is 34.2 Å². The smallest absolute Gasteiger partial charge is 0.331 e. The summed E-state index contributed by atoms with van der Waals surface area (Å²) in [7, 11) is -1.42. The highest BCUT2D eigenvalue weighted by Gasteiger charge is 2.13. The van der Waals surface area contributed by atoms with Crippen LogP contribution in [0.2, 0.25) is 0 Å². The third-order valence-electron chi connectivity index (χ3n) is 4.94. The zero-order valence-electron chi connectivity index (χ0n) is 19.2. The standard InChI is InChI=1S/C24H22N4OS.ClHO4/c1-17-9-7-8-12-20(17)25-23-26-22(18-10-5-4-6-11-18)21(30-23)14-13-19-15-16-27(2)24(29)28(19)3;2-1(3,4)5/h4-16H,1-3H3;(H,2,3,4,5). The first-order valence-corrected chi connectivity index (χ1v) is 12.3. The molecule has 0 radical (unpaired) electrons. The van der Waals surface area contributed by atoms with Crippen LogP contribution in [0.5, 0.6) is 0 Å². The van der Waals surface area contributed by atoms with Crippen molar-refractivity contribution in [1.82, 2.24) is 9.55 Å². The summed E-state index contributed by atoms with van der Waals surface area (Å²) in [6, 6.07) is 20.2. The highest BCUT2D eigenvalue weighted by molar-refractivity contribution is 7.17. The number of thiazole rings is 1. The van der Waals surface area contributed by atoms with Gasteiger partial charge in [-0.2, -0.15) is 9.36 Å². The predicted molar refractivity (Wildman–Crippen MR) is 124 cm³/mol. The molecule has 0 atom stereocenters. The Morgan fingerprint density at radius 1 is 1.00 bits per heavy atom. The van der Waals surface area contributed by atoms with Gasteiger partial charge in [0.25, 0.3) is 0 Å². The van der Waals surface area contributed by atoms with E-state index in [0.717, 1.165) is 32.6 Å². The Balaban J connectivity index is 0.000000623. The van der Waals surface area contributed by atoms with Gasteiger partial charge in [0.05, 0.1) is 30.9 Å². The molecule has 2 aromatic carbocycles. The zero-order chi connectivity index (χ0) is 25.6. The van der Waals surface area contributed by atoms with Crippen LogP contribution in [0.25, 0.3) is 23.4 Å². The Labute approximate surface area is 208 Å². The van der Waals surface area contributed by atoms with Crippen molar-refractivity contribution in [3.05, 3.63) is 93.5 Å². The first-order valence-electron chi connectivity index (χ1n) is 10.3. The van der Waals surface area contributed by atoms with Gasteiger partial charge >= 0.3 is 5.69 Å². The Morgan fingerprint density at radius 3 is 2.29 bits per heavy atom. The molecule has 0 spiro atoms. The maximum absolute atomic E-state index is 12.2. The zero-order valence-corrected chi connectivity index (χ0v) is 20.7. The number of halogens is 1. The Kier molecular flexibility index (Phi) is 8.52. The average Bonchev–Trinajstić information content (AvgIpc) is 3.21. The second-order valence-corrected chi connectivity index (χ2v) is 9.23. The van der Waals surface area contributed by atoms with E-state index < -0.39 is 10.2 Å². The molecule has 35 heavy (non-hydrogen) atoms. The summed E-state index contributed by atoms with van der Waals surface area (Å²) in [5.41, 5.74) is 4.95. The molecular formula is C24H23ClN4O5S. The summed E-state index contributed by atoms with van der Waals surface area (Å²) in [6.45, 7) is 2.07. The normalized spacial score (nSPS) is 11.3. The van der Waals surface area contributed by atoms with Crippen LogP contribution in [0.4, 0.5) is 10.8 Å². The van der Waals surface area contributed by atoms with Gasteiger partial charge in [0, 0.05) is 17.3 Å². The molecule has 0 aliphatic carbocycles. The number of nitrogens with zero attached hydrogens (tertiary/aromatic N) is 3. The third-order valence-corrected chi connectivity index (χ3v) is 5.87. The number of rotatable bonds is 5. The van der Waals surface area contributed by atoms with Crippen molar-refractivity contribution in [3.8, 4) is 11.3 Å². The fraction of sp³-hybridized carbons (Fsp3) is 0.125. The summed E-state index contributed by atoms with van der Waals surface area (Å²) >= 11 is 1.59. The van der Waals surface area contributed by atoms with Crippen molar-refractivity contribution in [2.45, 2.75) is 6.92 Å². The number of anilines is 2. The fourth-order valence-corrected chi connectivity index (χ4v) is 4.07. The second-order valence-electron chi connectivity index (χ2n) is 7.44. The molecule has 182 valence electrons. The van der Waals surface area contributed by atoms with E-state index in [9.17, 15) is 4.79 Å². The van der Waals surface area contributed by atoms with Crippen molar-refractivity contribution in [2.24, 2.45) is 14.1 Å². The van der Waals surface area contributed by atoms with E-state index in [4.69, 9.17) is 23.6 Å². The minimum absolute atomic E-state index is 0.0633. The summed E-state index contributed by atoms with van der Waals surface area (Å²) in [4.78, 5) is 18.1. The minimum atomic E-state index is -4.94. The largest absolute Gasteiger partial charge is 0.497 e. The Morgan fingerprint density at radius 2 is 1.63 bits per heavy atom. The monoisotopic (exact) mass is 514 g/mol. The molecule has 0 amide bonds. The first-order chi connectivity index (χ1) is 16.5. The van der Waals surface area contributed by atoms with Gasteiger partial charge in [-0.3, -0.25) is 0 Å². The maximum atomic E-state index is 12.2. The summed E-state index contributed by atoms with van der Waals surface area (Å²) in [5.74, 6) is 0. The number of nitrogens with one attached hydrogen (secondary N) is 1. The van der Waals surface area contributed by atoms with E-state index in [2.05, 4.69) is 30.4 Å². The quantitative estimate of drug-likeness (QED) is 0.363. The van der Waals surface area contributed by atoms with E-state index in [1.54, 1.807) is 40.8 Å². The molecule has 0 aliphatic heterocycles. The molecule has 0 bridgehead atoms. The molecule has 1 N–H and O–H groups in total. The Hall–Kier alpha value is -3.38. The molecule has 11 heteroatoms. The van der Waals surface area contributed by atoms with E-state index in [-0.39, 0.29) is 5.69 Å². The van der Waals surface area contributed by atoms with Gasteiger partial charge in [-0.15, -0.1) is 10.2 Å². The van der Waals surface area contributed by atoms with Crippen molar-refractivity contribution in [2.75, 3.05) is 5.32 Å². The molecule has 0 saturated heterocycles. The van der Waals surface area contributed by atoms with Crippen LogP contribution in [0.15, 0.2) is 71.7 Å². The lowest BCUT2D eigenvalue weighted by Gasteiger charge is -2.17. The van der Waals surface area contributed by atoms with E-state index in [1.807, 2.05) is 54.6 Å². The van der Waals surface area contributed by atoms with Crippen molar-refractivity contribution >= 4 is 34.3 Å². The molecule has 2 heterocycles. The molecule has 0 aliphatic rings. The molecule has 4 rings (SSSR count). The van der Waals surface area contributed by atoms with Crippen molar-refractivity contribution < 1.29 is 33.4 Å². The topological polar surface area (TPSA) is 143 Å². The van der Waals surface area contributed by atoms with Gasteiger partial charge in [-0.05, 0) is 30.7 Å². The summed E-state index contributed by atoms with van der Waals surface area (Å²) in [5, 5.41) is 4.27. The minimum Gasteiger partial charge on any atom is -0.331 e. The molecule has 9 nitrogen and oxygen atoms in total. The van der Waals surface area contributed by atoms with Crippen LogP contribution in [-0.4, -0.2) is 9.55 Å². The lowest BCUT2D eigenvalue weighted by atomic mass is 10.1. The number of aromatic nitrogens is 3. The van der Waals surface area contributed by atoms with E-state index >= 15 is 0 Å². The molecule has 2 aromatic heterocycles. The maximum Gasteiger partial charge on any atom is 0.497 e. The third kappa shape index (κ3) is 7.55. The molecule has 4 aromatic rings. The van der Waals surface area contributed by atoms with Gasteiger partial charge in [-0.1, -0.05) is 59.9 Å². The lowest BCUT2D eigenvalue weighted by Crippen LogP contribution is -2.68. The van der Waals surface area contributed by atoms with Gasteiger partial charge < -0.3 is 5.32 Å². The number of hydrogen-bond donors (Lipinski definition) is 1. The molecule has 0 fully saturated rings. The fourth-order valence-electron chi connectivity index (χ4n) is 3.17. The molecular weight excluding hydrogens is 492 g/mol. The highest BCUT2D eigenvalue weighted by Crippen LogP contribution is 2.34. The average molecular weight is 515 g/mol. The van der Waals surface area contributed by atoms with Crippen LogP contribution in [0.3, 0.4) is 0 Å². The molecule has 0 saturated carbocycles. The van der Waals surface area contributed by atoms with Gasteiger partial charge in [-0.25, -0.2) is 28.2 Å². The van der Waals surface area contributed by atoms with Crippen LogP contribution >= 0.6 is 11.3 Å². The van der Waals surface area contributed by atoms with Crippen LogP contribution in [0.1, 0.15) is 16.1 Å². The molecule has 0 unspecified atom stereocenters. The summed E-state index contributed by atoms with van der Waals surface area (Å²) < 4.78 is 37.2. The number of hydrogen-bond acceptors (Lipinski definition) is 8. The van der Waals surface area contributed by atoms with E-state index in [1.165, 1.54) is 5.56 Å². The van der Waals surface area contributed by atoms with Crippen LogP contribution in [-0.2, 0) is 14.1 Å². The Bertz CT molecular complexity index is 1370. The van der Waals surface area contributed by atoms with Crippen LogP contribution in [0, 0.1) is 17.2 Å². The lowest BCUT2D eigenvalue weighted by molar-refractivity contribution is -2.00. The van der Waals surface area contributed by atoms with Gasteiger partial charge in [0.2, 0.25) is 0 Å². The summed E-state index contributed by atoms with van der Waals surface area (Å²) in [6.07, 6.45) is 5.76. The predicted octanol–water partition coefficient (Wildman–Crippen LogP) is -0.200. The van der Waals surface area contributed by atoms with Gasteiger partial charge in [0.15, 0.2) is 5.13 Å². The van der Waals surface area contributed by atoms with E-state index in [0.29, 0.717) is 0 Å². The number of para-hydroxylation sites is 1. The van der Waals surface area contributed by atoms with Crippen molar-refractivity contribution in [1.29, 1.82) is 0 Å². The van der Waals surface area contributed by atoms with Gasteiger partial charge in [0.1, 0.15) is 5.69 Å². The second kappa shape index (κ2) is 11.4. The highest BCUT2D eigenvalue weighted by atomic mass is 35.7. The van der Waals surface area contributed by atoms with Crippen molar-refractivity contribution in [3.63, 3.8) is 0 Å². The SMILES string of the molecule is Cc1ccccc1Nc1nc(-c2ccccc2)c(C=Cc2cc[n+](C)c(=O)n2C)s1.[O-][Cl+3]([O-])([O-])[O-]. The first kappa shape index (κ1) is 26.2. The number of aryl methyl sites for hydroxylation is 2. The number of benzene rings is 2.